The molecule has 230 valence electrons. The molecular weight excluding hydrogens is 583 g/mol. The first kappa shape index (κ1) is 27.3. The zero-order valence-electron chi connectivity index (χ0n) is 27.2. The summed E-state index contributed by atoms with van der Waals surface area (Å²) in [6.07, 6.45) is 6.80. The van der Waals surface area contributed by atoms with Crippen LogP contribution < -0.4 is 9.80 Å². The number of hydrogen-bond donors (Lipinski definition) is 0. The number of aromatic nitrogens is 1. The monoisotopic (exact) mass is 617 g/mol. The molecule has 1 aliphatic carbocycles. The lowest BCUT2D eigenvalue weighted by atomic mass is 9.72. The van der Waals surface area contributed by atoms with Crippen LogP contribution in [0.1, 0.15) is 42.7 Å². The molecule has 48 heavy (non-hydrogen) atoms. The Kier molecular flexibility index (Phi) is 5.75. The Morgan fingerprint density at radius 2 is 1.27 bits per heavy atom. The molecule has 0 saturated carbocycles. The van der Waals surface area contributed by atoms with E-state index in [2.05, 4.69) is 180 Å². The van der Waals surface area contributed by atoms with Crippen LogP contribution in [0, 0.1) is 0 Å². The second kappa shape index (κ2) is 10.1. The molecule has 0 amide bonds. The van der Waals surface area contributed by atoms with Gasteiger partial charge in [-0.05, 0) is 101 Å². The second-order valence-electron chi connectivity index (χ2n) is 13.7. The number of aryl methyl sites for hydroxylation is 1. The molecule has 2 aliphatic heterocycles. The highest BCUT2D eigenvalue weighted by atomic mass is 15.3. The van der Waals surface area contributed by atoms with Crippen molar-refractivity contribution in [3.05, 3.63) is 168 Å². The normalized spacial score (nSPS) is 15.1. The molecule has 10 rings (SSSR count). The van der Waals surface area contributed by atoms with Crippen molar-refractivity contribution in [1.29, 1.82) is 0 Å². The molecule has 1 aromatic heterocycles. The third kappa shape index (κ3) is 3.76. The first-order chi connectivity index (χ1) is 23.6. The molecule has 7 aromatic rings. The Labute approximate surface area is 281 Å². The first-order valence-electron chi connectivity index (χ1n) is 17.0. The minimum Gasteiger partial charge on any atom is -0.310 e. The Bertz CT molecular complexity index is 2430. The van der Waals surface area contributed by atoms with Gasteiger partial charge in [-0.25, -0.2) is 0 Å². The van der Waals surface area contributed by atoms with E-state index in [-0.39, 0.29) is 5.41 Å². The average molecular weight is 618 g/mol. The van der Waals surface area contributed by atoms with E-state index in [1.807, 2.05) is 0 Å². The Hall–Kier alpha value is -5.80. The lowest BCUT2D eigenvalue weighted by Gasteiger charge is -2.48. The quantitative estimate of drug-likeness (QED) is 0.195. The molecule has 0 fully saturated rings. The van der Waals surface area contributed by atoms with Crippen LogP contribution in [-0.2, 0) is 11.8 Å². The average Bonchev–Trinajstić information content (AvgIpc) is 3.48. The lowest BCUT2D eigenvalue weighted by molar-refractivity contribution is 0.631. The summed E-state index contributed by atoms with van der Waals surface area (Å²) in [6.45, 7) is 4.73. The van der Waals surface area contributed by atoms with E-state index in [0.29, 0.717) is 0 Å². The van der Waals surface area contributed by atoms with Crippen LogP contribution in [0.25, 0.3) is 33.8 Å². The van der Waals surface area contributed by atoms with Gasteiger partial charge in [-0.1, -0.05) is 105 Å². The summed E-state index contributed by atoms with van der Waals surface area (Å²) >= 11 is 0. The number of para-hydroxylation sites is 3. The van der Waals surface area contributed by atoms with Gasteiger partial charge in [-0.3, -0.25) is 0 Å². The van der Waals surface area contributed by atoms with Crippen molar-refractivity contribution in [2.45, 2.75) is 32.1 Å². The molecule has 0 unspecified atom stereocenters. The van der Waals surface area contributed by atoms with Crippen molar-refractivity contribution >= 4 is 51.1 Å². The van der Waals surface area contributed by atoms with Gasteiger partial charge in [0.1, 0.15) is 0 Å². The summed E-state index contributed by atoms with van der Waals surface area (Å²) in [5, 5.41) is 1.36. The van der Waals surface area contributed by atoms with E-state index in [0.717, 1.165) is 18.5 Å². The molecule has 3 heterocycles. The van der Waals surface area contributed by atoms with E-state index in [1.165, 1.54) is 78.5 Å². The van der Waals surface area contributed by atoms with Gasteiger partial charge in [-0.15, -0.1) is 0 Å². The van der Waals surface area contributed by atoms with Crippen LogP contribution in [0.15, 0.2) is 146 Å². The SMILES string of the molecule is CC1(C)c2ccccc2N2c3cc(-c4ccccc4)ccc3N(c3ccc(-n4c5c(c6ccccc64)CCC=C5)cc3)c3cccc1c32. The van der Waals surface area contributed by atoms with E-state index in [4.69, 9.17) is 0 Å². The van der Waals surface area contributed by atoms with Crippen molar-refractivity contribution in [3.8, 4) is 16.8 Å². The van der Waals surface area contributed by atoms with Gasteiger partial charge in [0.15, 0.2) is 0 Å². The number of allylic oxidation sites excluding steroid dienone is 1. The molecule has 0 N–H and O–H groups in total. The third-order valence-corrected chi connectivity index (χ3v) is 10.8. The minimum atomic E-state index is -0.148. The Morgan fingerprint density at radius 3 is 2.15 bits per heavy atom. The lowest BCUT2D eigenvalue weighted by Crippen LogP contribution is -2.34. The van der Waals surface area contributed by atoms with E-state index in [1.54, 1.807) is 0 Å². The fourth-order valence-electron chi connectivity index (χ4n) is 8.49. The Balaban J connectivity index is 1.19. The van der Waals surface area contributed by atoms with Gasteiger partial charge in [0, 0.05) is 27.9 Å². The summed E-state index contributed by atoms with van der Waals surface area (Å²) in [5.41, 5.74) is 17.4. The van der Waals surface area contributed by atoms with Crippen molar-refractivity contribution < 1.29 is 0 Å². The number of nitrogens with zero attached hydrogens (tertiary/aromatic N) is 3. The summed E-state index contributed by atoms with van der Waals surface area (Å²) in [7, 11) is 0. The van der Waals surface area contributed by atoms with Gasteiger partial charge >= 0.3 is 0 Å². The largest absolute Gasteiger partial charge is 0.310 e. The van der Waals surface area contributed by atoms with Gasteiger partial charge in [0.25, 0.3) is 0 Å². The van der Waals surface area contributed by atoms with Crippen molar-refractivity contribution in [2.75, 3.05) is 9.80 Å². The molecule has 3 aliphatic rings. The molecule has 6 aromatic carbocycles. The maximum absolute atomic E-state index is 2.52. The van der Waals surface area contributed by atoms with Crippen LogP contribution in [0.2, 0.25) is 0 Å². The molecule has 0 spiro atoms. The molecule has 0 radical (unpaired) electrons. The fourth-order valence-corrected chi connectivity index (χ4v) is 8.49. The molecule has 3 nitrogen and oxygen atoms in total. The van der Waals surface area contributed by atoms with Crippen molar-refractivity contribution in [1.82, 2.24) is 4.57 Å². The maximum atomic E-state index is 2.52. The van der Waals surface area contributed by atoms with Crippen LogP contribution in [0.5, 0.6) is 0 Å². The highest BCUT2D eigenvalue weighted by molar-refractivity contribution is 6.06. The number of hydrogen-bond acceptors (Lipinski definition) is 2. The highest BCUT2D eigenvalue weighted by Gasteiger charge is 2.42. The zero-order valence-corrected chi connectivity index (χ0v) is 27.2. The van der Waals surface area contributed by atoms with Crippen molar-refractivity contribution in [3.63, 3.8) is 0 Å². The summed E-state index contributed by atoms with van der Waals surface area (Å²) in [4.78, 5) is 4.98. The molecule has 0 atom stereocenters. The van der Waals surface area contributed by atoms with Crippen LogP contribution in [-0.4, -0.2) is 4.57 Å². The van der Waals surface area contributed by atoms with Crippen LogP contribution in [0.4, 0.5) is 34.1 Å². The molecular formula is C45H35N3. The van der Waals surface area contributed by atoms with E-state index in [9.17, 15) is 0 Å². The minimum absolute atomic E-state index is 0.148. The summed E-state index contributed by atoms with van der Waals surface area (Å²) in [5.74, 6) is 0. The van der Waals surface area contributed by atoms with Crippen LogP contribution >= 0.6 is 0 Å². The smallest absolute Gasteiger partial charge is 0.0744 e. The molecule has 0 saturated heterocycles. The summed E-state index contributed by atoms with van der Waals surface area (Å²) < 4.78 is 2.44. The predicted octanol–water partition coefficient (Wildman–Crippen LogP) is 12.1. The van der Waals surface area contributed by atoms with Gasteiger partial charge in [-0.2, -0.15) is 0 Å². The van der Waals surface area contributed by atoms with Gasteiger partial charge in [0.2, 0.25) is 0 Å². The highest BCUT2D eigenvalue weighted by Crippen LogP contribution is 2.61. The van der Waals surface area contributed by atoms with Crippen molar-refractivity contribution in [2.24, 2.45) is 0 Å². The van der Waals surface area contributed by atoms with E-state index >= 15 is 0 Å². The number of anilines is 6. The molecule has 3 heteroatoms. The van der Waals surface area contributed by atoms with Crippen LogP contribution in [0.3, 0.4) is 0 Å². The number of benzene rings is 6. The van der Waals surface area contributed by atoms with E-state index < -0.39 is 0 Å². The first-order valence-corrected chi connectivity index (χ1v) is 17.0. The van der Waals surface area contributed by atoms with Gasteiger partial charge < -0.3 is 14.4 Å². The topological polar surface area (TPSA) is 11.4 Å². The zero-order chi connectivity index (χ0) is 32.0. The fraction of sp³-hybridized carbons (Fsp3) is 0.111. The number of fused-ring (bicyclic) bond motifs is 7. The number of rotatable bonds is 3. The predicted molar refractivity (Wildman–Crippen MR) is 201 cm³/mol. The summed E-state index contributed by atoms with van der Waals surface area (Å²) in [6, 6.07) is 51.5. The Morgan fingerprint density at radius 1 is 0.542 bits per heavy atom. The maximum Gasteiger partial charge on any atom is 0.0744 e. The van der Waals surface area contributed by atoms with Gasteiger partial charge in [0.05, 0.1) is 34.0 Å². The standard InChI is InChI=1S/C45H35N3/c1-45(2)36-17-8-11-21-40(36)48-43-29-31(30-13-4-3-5-14-30)23-28-41(43)47(42-22-12-18-37(45)44(42)48)33-26-24-32(25-27-33)46-38-19-9-6-15-34(38)35-16-7-10-20-39(35)46/h3-6,8-15,17-29H,7,16H2,1-2H3. The molecule has 0 bridgehead atoms. The second-order valence-corrected chi connectivity index (χ2v) is 13.7. The third-order valence-electron chi connectivity index (χ3n) is 10.8.